The molecule has 118 valence electrons. The zero-order chi connectivity index (χ0) is 16.2. The number of amides is 1. The Kier molecular flexibility index (Phi) is 4.38. The van der Waals surface area contributed by atoms with Crippen LogP contribution in [0.25, 0.3) is 0 Å². The van der Waals surface area contributed by atoms with Crippen LogP contribution in [-0.4, -0.2) is 25.9 Å². The predicted octanol–water partition coefficient (Wildman–Crippen LogP) is 2.97. The number of hydrogen-bond donors (Lipinski definition) is 1. The van der Waals surface area contributed by atoms with E-state index in [0.29, 0.717) is 5.69 Å². The van der Waals surface area contributed by atoms with Gasteiger partial charge in [0.25, 0.3) is 12.3 Å². The number of anilines is 1. The Morgan fingerprint density at radius 1 is 1.30 bits per heavy atom. The van der Waals surface area contributed by atoms with Gasteiger partial charge in [-0.25, -0.2) is 8.78 Å². The van der Waals surface area contributed by atoms with E-state index < -0.39 is 18.0 Å². The van der Waals surface area contributed by atoms with Crippen LogP contribution in [0.15, 0.2) is 41.5 Å². The van der Waals surface area contributed by atoms with Crippen molar-refractivity contribution in [2.45, 2.75) is 13.0 Å². The van der Waals surface area contributed by atoms with Crippen molar-refractivity contribution in [2.75, 3.05) is 5.32 Å². The van der Waals surface area contributed by atoms with Gasteiger partial charge in [0, 0.05) is 0 Å². The minimum atomic E-state index is -2.81. The first kappa shape index (κ1) is 15.2. The van der Waals surface area contributed by atoms with E-state index in [1.54, 1.807) is 0 Å². The molecule has 0 aliphatic carbocycles. The summed E-state index contributed by atoms with van der Waals surface area (Å²) in [6.45, 7) is 0.188. The number of aromatic nitrogens is 4. The lowest BCUT2D eigenvalue weighted by Gasteiger charge is -2.08. The number of nitrogens with zero attached hydrogens (tertiary/aromatic N) is 4. The molecule has 0 unspecified atom stereocenters. The third kappa shape index (κ3) is 3.39. The van der Waals surface area contributed by atoms with Gasteiger partial charge >= 0.3 is 0 Å². The standard InChI is InChI=1S/C14H11F2N5OS/c15-13(16)12-11(14(22)20-10-1-3-17-18-5-10)6-19-21(12)7-9-2-4-23-8-9/h1-6,8,13H,7H2,(H,17,20,22). The quantitative estimate of drug-likeness (QED) is 0.778. The minimum Gasteiger partial charge on any atom is -0.320 e. The molecular weight excluding hydrogens is 324 g/mol. The van der Waals surface area contributed by atoms with Crippen LogP contribution in [0, 0.1) is 0 Å². The largest absolute Gasteiger partial charge is 0.320 e. The molecule has 0 fully saturated rings. The SMILES string of the molecule is O=C(Nc1ccnnc1)c1cnn(Cc2ccsc2)c1C(F)F. The van der Waals surface area contributed by atoms with Gasteiger partial charge in [0.05, 0.1) is 36.4 Å². The van der Waals surface area contributed by atoms with Gasteiger partial charge in [-0.15, -0.1) is 0 Å². The van der Waals surface area contributed by atoms with Gasteiger partial charge in [0.15, 0.2) is 0 Å². The molecule has 0 saturated heterocycles. The van der Waals surface area contributed by atoms with Gasteiger partial charge in [-0.2, -0.15) is 26.6 Å². The maximum absolute atomic E-state index is 13.4. The summed E-state index contributed by atoms with van der Waals surface area (Å²) in [7, 11) is 0. The van der Waals surface area contributed by atoms with Crippen molar-refractivity contribution < 1.29 is 13.6 Å². The Morgan fingerprint density at radius 2 is 2.17 bits per heavy atom. The first-order valence-electron chi connectivity index (χ1n) is 6.58. The molecule has 0 saturated carbocycles. The molecule has 3 rings (SSSR count). The summed E-state index contributed by atoms with van der Waals surface area (Å²) >= 11 is 1.47. The van der Waals surface area contributed by atoms with Crippen molar-refractivity contribution in [1.82, 2.24) is 20.0 Å². The molecule has 1 amide bonds. The van der Waals surface area contributed by atoms with Crippen LogP contribution in [0.4, 0.5) is 14.5 Å². The van der Waals surface area contributed by atoms with Crippen LogP contribution >= 0.6 is 11.3 Å². The highest BCUT2D eigenvalue weighted by molar-refractivity contribution is 7.07. The summed E-state index contributed by atoms with van der Waals surface area (Å²) in [5, 5.41) is 17.3. The highest BCUT2D eigenvalue weighted by Gasteiger charge is 2.24. The van der Waals surface area contributed by atoms with Crippen molar-refractivity contribution in [3.63, 3.8) is 0 Å². The molecule has 9 heteroatoms. The number of rotatable bonds is 5. The molecule has 1 N–H and O–H groups in total. The lowest BCUT2D eigenvalue weighted by atomic mass is 10.2. The number of carbonyl (C=O) groups is 1. The Balaban J connectivity index is 1.87. The second-order valence-corrected chi connectivity index (χ2v) is 5.40. The van der Waals surface area contributed by atoms with Gasteiger partial charge in [-0.3, -0.25) is 9.48 Å². The average Bonchev–Trinajstić information content (AvgIpc) is 3.18. The Bertz CT molecular complexity index is 789. The number of halogens is 2. The Labute approximate surface area is 133 Å². The normalized spacial score (nSPS) is 10.9. The number of carbonyl (C=O) groups excluding carboxylic acids is 1. The molecule has 0 radical (unpaired) electrons. The van der Waals surface area contributed by atoms with Gasteiger partial charge in [-0.05, 0) is 28.5 Å². The van der Waals surface area contributed by atoms with Crippen molar-refractivity contribution >= 4 is 22.9 Å². The summed E-state index contributed by atoms with van der Waals surface area (Å²) in [5.74, 6) is -0.662. The van der Waals surface area contributed by atoms with Crippen LogP contribution in [0.1, 0.15) is 28.0 Å². The third-order valence-electron chi connectivity index (χ3n) is 3.09. The molecule has 0 aromatic carbocycles. The second kappa shape index (κ2) is 6.61. The summed E-state index contributed by atoms with van der Waals surface area (Å²) in [4.78, 5) is 12.2. The summed E-state index contributed by atoms with van der Waals surface area (Å²) in [6.07, 6.45) is 1.06. The van der Waals surface area contributed by atoms with E-state index in [9.17, 15) is 13.6 Å². The van der Waals surface area contributed by atoms with Crippen molar-refractivity contribution in [3.8, 4) is 0 Å². The molecule has 3 heterocycles. The fourth-order valence-electron chi connectivity index (χ4n) is 2.04. The molecule has 0 aliphatic rings. The maximum Gasteiger partial charge on any atom is 0.280 e. The lowest BCUT2D eigenvalue weighted by molar-refractivity contribution is 0.100. The van der Waals surface area contributed by atoms with Crippen molar-refractivity contribution in [1.29, 1.82) is 0 Å². The zero-order valence-corrected chi connectivity index (χ0v) is 12.5. The fourth-order valence-corrected chi connectivity index (χ4v) is 2.70. The number of alkyl halides is 2. The topological polar surface area (TPSA) is 72.7 Å². The summed E-state index contributed by atoms with van der Waals surface area (Å²) < 4.78 is 27.9. The number of thiophene rings is 1. The summed E-state index contributed by atoms with van der Waals surface area (Å²) in [6, 6.07) is 3.34. The van der Waals surface area contributed by atoms with Crippen LogP contribution in [0.3, 0.4) is 0 Å². The summed E-state index contributed by atoms with van der Waals surface area (Å²) in [5.41, 5.74) is 0.656. The monoisotopic (exact) mass is 335 g/mol. The Morgan fingerprint density at radius 3 is 2.83 bits per heavy atom. The zero-order valence-electron chi connectivity index (χ0n) is 11.7. The van der Waals surface area contributed by atoms with Crippen LogP contribution in [0.5, 0.6) is 0 Å². The predicted molar refractivity (Wildman–Crippen MR) is 80.6 cm³/mol. The smallest absolute Gasteiger partial charge is 0.280 e. The molecular formula is C14H11F2N5OS. The first-order valence-corrected chi connectivity index (χ1v) is 7.52. The van der Waals surface area contributed by atoms with Gasteiger partial charge in [-0.1, -0.05) is 0 Å². The van der Waals surface area contributed by atoms with E-state index in [1.807, 2.05) is 16.8 Å². The molecule has 0 atom stereocenters. The fraction of sp³-hybridized carbons (Fsp3) is 0.143. The van der Waals surface area contributed by atoms with Crippen molar-refractivity contribution in [2.24, 2.45) is 0 Å². The van der Waals surface area contributed by atoms with Gasteiger partial charge in [0.1, 0.15) is 5.69 Å². The van der Waals surface area contributed by atoms with Crippen LogP contribution in [-0.2, 0) is 6.54 Å². The number of hydrogen-bond acceptors (Lipinski definition) is 5. The second-order valence-electron chi connectivity index (χ2n) is 4.62. The van der Waals surface area contributed by atoms with Gasteiger partial charge < -0.3 is 5.32 Å². The lowest BCUT2D eigenvalue weighted by Crippen LogP contribution is -2.15. The molecule has 3 aromatic heterocycles. The van der Waals surface area contributed by atoms with E-state index in [4.69, 9.17) is 0 Å². The molecule has 0 spiro atoms. The Hall–Kier alpha value is -2.68. The van der Waals surface area contributed by atoms with E-state index in [-0.39, 0.29) is 12.1 Å². The highest BCUT2D eigenvalue weighted by Crippen LogP contribution is 2.25. The first-order chi connectivity index (χ1) is 11.1. The molecule has 6 nitrogen and oxygen atoms in total. The highest BCUT2D eigenvalue weighted by atomic mass is 32.1. The third-order valence-corrected chi connectivity index (χ3v) is 3.82. The molecule has 23 heavy (non-hydrogen) atoms. The van der Waals surface area contributed by atoms with E-state index in [0.717, 1.165) is 16.4 Å². The van der Waals surface area contributed by atoms with E-state index in [2.05, 4.69) is 20.6 Å². The maximum atomic E-state index is 13.4. The minimum absolute atomic E-state index is 0.160. The van der Waals surface area contributed by atoms with Crippen LogP contribution < -0.4 is 5.32 Å². The van der Waals surface area contributed by atoms with E-state index >= 15 is 0 Å². The van der Waals surface area contributed by atoms with Crippen LogP contribution in [0.2, 0.25) is 0 Å². The number of nitrogens with one attached hydrogen (secondary N) is 1. The van der Waals surface area contributed by atoms with Gasteiger partial charge in [0.2, 0.25) is 0 Å². The molecule has 0 bridgehead atoms. The van der Waals surface area contributed by atoms with Crippen molar-refractivity contribution in [3.05, 3.63) is 58.3 Å². The van der Waals surface area contributed by atoms with E-state index in [1.165, 1.54) is 29.8 Å². The molecule has 0 aliphatic heterocycles. The average molecular weight is 335 g/mol. The molecule has 3 aromatic rings.